The van der Waals surface area contributed by atoms with Gasteiger partial charge in [0.15, 0.2) is 0 Å². The molecule has 0 aliphatic rings. The van der Waals surface area contributed by atoms with Crippen molar-refractivity contribution >= 4 is 11.5 Å². The lowest BCUT2D eigenvalue weighted by Crippen LogP contribution is -2.09. The maximum atomic E-state index is 10.7. The molecule has 0 saturated heterocycles. The quantitative estimate of drug-likeness (QED) is 0.806. The second-order valence-corrected chi connectivity index (χ2v) is 3.75. The minimum Gasteiger partial charge on any atom is -0.491 e. The van der Waals surface area contributed by atoms with E-state index >= 15 is 0 Å². The summed E-state index contributed by atoms with van der Waals surface area (Å²) in [5, 5.41) is 3.02. The van der Waals surface area contributed by atoms with Crippen LogP contribution in [0.5, 0.6) is 5.75 Å². The third-order valence-electron chi connectivity index (χ3n) is 1.77. The Morgan fingerprint density at radius 3 is 2.40 bits per heavy atom. The van der Waals surface area contributed by atoms with Crippen molar-refractivity contribution in [3.05, 3.63) is 24.3 Å². The van der Waals surface area contributed by atoms with E-state index < -0.39 is 0 Å². The number of ketones is 1. The molecule has 0 fully saturated rings. The molecule has 0 bridgehead atoms. The molecule has 0 heterocycles. The zero-order valence-electron chi connectivity index (χ0n) is 9.41. The van der Waals surface area contributed by atoms with E-state index in [0.29, 0.717) is 6.54 Å². The molecule has 0 atom stereocenters. The van der Waals surface area contributed by atoms with E-state index in [4.69, 9.17) is 4.74 Å². The largest absolute Gasteiger partial charge is 0.491 e. The van der Waals surface area contributed by atoms with Gasteiger partial charge in [0.05, 0.1) is 12.6 Å². The highest BCUT2D eigenvalue weighted by molar-refractivity contribution is 5.80. The Labute approximate surface area is 90.4 Å². The van der Waals surface area contributed by atoms with Crippen molar-refractivity contribution in [1.29, 1.82) is 0 Å². The highest BCUT2D eigenvalue weighted by Gasteiger charge is 1.98. The number of anilines is 1. The number of hydrogen-bond donors (Lipinski definition) is 1. The highest BCUT2D eigenvalue weighted by atomic mass is 16.5. The Balaban J connectivity index is 2.52. The van der Waals surface area contributed by atoms with E-state index in [2.05, 4.69) is 5.32 Å². The fourth-order valence-corrected chi connectivity index (χ4v) is 1.15. The van der Waals surface area contributed by atoms with Crippen LogP contribution in [-0.2, 0) is 4.79 Å². The van der Waals surface area contributed by atoms with Gasteiger partial charge in [0.1, 0.15) is 11.5 Å². The maximum Gasteiger partial charge on any atom is 0.148 e. The van der Waals surface area contributed by atoms with Crippen LogP contribution in [0.2, 0.25) is 0 Å². The average molecular weight is 207 g/mol. The van der Waals surface area contributed by atoms with Gasteiger partial charge in [-0.2, -0.15) is 0 Å². The summed E-state index contributed by atoms with van der Waals surface area (Å²) in [6, 6.07) is 7.59. The molecule has 0 unspecified atom stereocenters. The molecule has 0 spiro atoms. The van der Waals surface area contributed by atoms with Gasteiger partial charge >= 0.3 is 0 Å². The lowest BCUT2D eigenvalue weighted by Gasteiger charge is -2.10. The fraction of sp³-hybridized carbons (Fsp3) is 0.417. The lowest BCUT2D eigenvalue weighted by molar-refractivity contribution is -0.115. The van der Waals surface area contributed by atoms with Crippen molar-refractivity contribution in [2.24, 2.45) is 0 Å². The first-order valence-corrected chi connectivity index (χ1v) is 5.08. The first kappa shape index (κ1) is 11.6. The van der Waals surface area contributed by atoms with Crippen LogP contribution in [0.15, 0.2) is 24.3 Å². The number of nitrogens with one attached hydrogen (secondary N) is 1. The molecular formula is C12H17NO2. The Hall–Kier alpha value is -1.51. The molecular weight excluding hydrogens is 190 g/mol. The minimum absolute atomic E-state index is 0.123. The average Bonchev–Trinajstić information content (AvgIpc) is 2.16. The van der Waals surface area contributed by atoms with Crippen molar-refractivity contribution in [2.75, 3.05) is 11.9 Å². The summed E-state index contributed by atoms with van der Waals surface area (Å²) < 4.78 is 5.50. The summed E-state index contributed by atoms with van der Waals surface area (Å²) in [5.74, 6) is 0.968. The first-order valence-electron chi connectivity index (χ1n) is 5.08. The van der Waals surface area contributed by atoms with Crippen LogP contribution in [0.25, 0.3) is 0 Å². The number of benzene rings is 1. The zero-order valence-corrected chi connectivity index (χ0v) is 9.41. The normalized spacial score (nSPS) is 10.1. The third kappa shape index (κ3) is 4.49. The van der Waals surface area contributed by atoms with Gasteiger partial charge in [-0.15, -0.1) is 0 Å². The fourth-order valence-electron chi connectivity index (χ4n) is 1.15. The molecule has 0 aliphatic heterocycles. The monoisotopic (exact) mass is 207 g/mol. The standard InChI is InChI=1S/C12H17NO2/c1-9(2)15-12-6-4-11(5-7-12)13-8-10(3)14/h4-7,9,13H,8H2,1-3H3. The number of ether oxygens (including phenoxy) is 1. The van der Waals surface area contributed by atoms with Crippen LogP contribution in [-0.4, -0.2) is 18.4 Å². The molecule has 1 aromatic rings. The number of rotatable bonds is 5. The Bertz CT molecular complexity index is 317. The molecule has 82 valence electrons. The molecule has 1 rings (SSSR count). The topological polar surface area (TPSA) is 38.3 Å². The second-order valence-electron chi connectivity index (χ2n) is 3.75. The zero-order chi connectivity index (χ0) is 11.3. The summed E-state index contributed by atoms with van der Waals surface area (Å²) in [4.78, 5) is 10.7. The SMILES string of the molecule is CC(=O)CNc1ccc(OC(C)C)cc1. The summed E-state index contributed by atoms with van der Waals surface area (Å²) in [6.07, 6.45) is 0.182. The molecule has 0 radical (unpaired) electrons. The van der Waals surface area contributed by atoms with Gasteiger partial charge in [-0.05, 0) is 45.0 Å². The second kappa shape index (κ2) is 5.39. The van der Waals surface area contributed by atoms with E-state index in [-0.39, 0.29) is 11.9 Å². The molecule has 0 amide bonds. The van der Waals surface area contributed by atoms with Crippen LogP contribution in [0.4, 0.5) is 5.69 Å². The van der Waals surface area contributed by atoms with E-state index in [0.717, 1.165) is 11.4 Å². The van der Waals surface area contributed by atoms with Gasteiger partial charge in [0.25, 0.3) is 0 Å². The van der Waals surface area contributed by atoms with Crippen LogP contribution >= 0.6 is 0 Å². The van der Waals surface area contributed by atoms with E-state index in [1.54, 1.807) is 6.92 Å². The van der Waals surface area contributed by atoms with Gasteiger partial charge in [-0.25, -0.2) is 0 Å². The van der Waals surface area contributed by atoms with Gasteiger partial charge in [0, 0.05) is 5.69 Å². The molecule has 1 N–H and O–H groups in total. The first-order chi connectivity index (χ1) is 7.08. The van der Waals surface area contributed by atoms with E-state index in [9.17, 15) is 4.79 Å². The number of Topliss-reactive ketones (excluding diaryl/α,β-unsaturated/α-hetero) is 1. The van der Waals surface area contributed by atoms with Crippen molar-refractivity contribution in [3.8, 4) is 5.75 Å². The lowest BCUT2D eigenvalue weighted by atomic mass is 10.3. The van der Waals surface area contributed by atoms with E-state index in [1.807, 2.05) is 38.1 Å². The Morgan fingerprint density at radius 1 is 1.33 bits per heavy atom. The third-order valence-corrected chi connectivity index (χ3v) is 1.77. The summed E-state index contributed by atoms with van der Waals surface area (Å²) >= 11 is 0. The maximum absolute atomic E-state index is 10.7. The number of carbonyl (C=O) groups excluding carboxylic acids is 1. The predicted molar refractivity (Wildman–Crippen MR) is 61.4 cm³/mol. The summed E-state index contributed by atoms with van der Waals surface area (Å²) in [7, 11) is 0. The van der Waals surface area contributed by atoms with Crippen LogP contribution in [0, 0.1) is 0 Å². The van der Waals surface area contributed by atoms with Gasteiger partial charge in [-0.1, -0.05) is 0 Å². The molecule has 1 aromatic carbocycles. The van der Waals surface area contributed by atoms with Crippen molar-refractivity contribution < 1.29 is 9.53 Å². The molecule has 15 heavy (non-hydrogen) atoms. The molecule has 3 heteroatoms. The van der Waals surface area contributed by atoms with Gasteiger partial charge in [0.2, 0.25) is 0 Å². The molecule has 0 aliphatic carbocycles. The van der Waals surface area contributed by atoms with Crippen molar-refractivity contribution in [1.82, 2.24) is 0 Å². The van der Waals surface area contributed by atoms with E-state index in [1.165, 1.54) is 0 Å². The Morgan fingerprint density at radius 2 is 1.93 bits per heavy atom. The summed E-state index contributed by atoms with van der Waals surface area (Å²) in [6.45, 7) is 5.90. The van der Waals surface area contributed by atoms with Gasteiger partial charge in [-0.3, -0.25) is 4.79 Å². The van der Waals surface area contributed by atoms with Gasteiger partial charge < -0.3 is 10.1 Å². The van der Waals surface area contributed by atoms with Crippen LogP contribution in [0.1, 0.15) is 20.8 Å². The van der Waals surface area contributed by atoms with Crippen molar-refractivity contribution in [3.63, 3.8) is 0 Å². The minimum atomic E-state index is 0.123. The van der Waals surface area contributed by atoms with Crippen LogP contribution < -0.4 is 10.1 Å². The number of hydrogen-bond acceptors (Lipinski definition) is 3. The van der Waals surface area contributed by atoms with Crippen molar-refractivity contribution in [2.45, 2.75) is 26.9 Å². The van der Waals surface area contributed by atoms with Crippen LogP contribution in [0.3, 0.4) is 0 Å². The predicted octanol–water partition coefficient (Wildman–Crippen LogP) is 2.47. The highest BCUT2D eigenvalue weighted by Crippen LogP contribution is 2.16. The number of carbonyl (C=O) groups is 1. The molecule has 0 aromatic heterocycles. The smallest absolute Gasteiger partial charge is 0.148 e. The molecule has 3 nitrogen and oxygen atoms in total. The molecule has 0 saturated carbocycles. The Kier molecular flexibility index (Phi) is 4.16. The summed E-state index contributed by atoms with van der Waals surface area (Å²) in [5.41, 5.74) is 0.932.